The highest BCUT2D eigenvalue weighted by Crippen LogP contribution is 2.38. The highest BCUT2D eigenvalue weighted by molar-refractivity contribution is 6.36. The second kappa shape index (κ2) is 2.49. The quantitative estimate of drug-likeness (QED) is 0.487. The van der Waals surface area contributed by atoms with Gasteiger partial charge in [-0.25, -0.2) is 4.79 Å². The standard InChI is InChI=1S/C11H5ClO2/c12-8-4-5-9-10-6(8)2-1-3-7(10)11(13)14-9/h1-5H. The van der Waals surface area contributed by atoms with E-state index in [1.807, 2.05) is 6.07 Å². The molecule has 0 fully saturated rings. The van der Waals surface area contributed by atoms with Gasteiger partial charge in [0.2, 0.25) is 0 Å². The normalized spacial score (nSPS) is 13.4. The molecule has 1 aliphatic heterocycles. The number of benzene rings is 2. The van der Waals surface area contributed by atoms with Crippen molar-refractivity contribution in [2.24, 2.45) is 0 Å². The lowest BCUT2D eigenvalue weighted by molar-refractivity contribution is 0.0754. The average molecular weight is 205 g/mol. The molecule has 0 unspecified atom stereocenters. The van der Waals surface area contributed by atoms with Gasteiger partial charge in [-0.2, -0.15) is 0 Å². The van der Waals surface area contributed by atoms with E-state index in [2.05, 4.69) is 0 Å². The molecule has 0 aliphatic carbocycles. The summed E-state index contributed by atoms with van der Waals surface area (Å²) < 4.78 is 5.08. The number of hydrogen-bond donors (Lipinski definition) is 0. The molecule has 2 nitrogen and oxygen atoms in total. The molecule has 3 heteroatoms. The Morgan fingerprint density at radius 1 is 1.14 bits per heavy atom. The zero-order chi connectivity index (χ0) is 9.71. The molecule has 0 aromatic heterocycles. The number of halogens is 1. The molecular weight excluding hydrogens is 200 g/mol. The van der Waals surface area contributed by atoms with Gasteiger partial charge in [0, 0.05) is 15.8 Å². The van der Waals surface area contributed by atoms with Gasteiger partial charge < -0.3 is 4.74 Å². The van der Waals surface area contributed by atoms with Crippen molar-refractivity contribution in [3.8, 4) is 5.75 Å². The van der Waals surface area contributed by atoms with E-state index in [4.69, 9.17) is 16.3 Å². The molecule has 3 rings (SSSR count). The van der Waals surface area contributed by atoms with Crippen LogP contribution < -0.4 is 4.74 Å². The topological polar surface area (TPSA) is 26.3 Å². The van der Waals surface area contributed by atoms with E-state index in [-0.39, 0.29) is 5.97 Å². The van der Waals surface area contributed by atoms with Crippen molar-refractivity contribution in [2.45, 2.75) is 0 Å². The fraction of sp³-hybridized carbons (Fsp3) is 0. The Morgan fingerprint density at radius 3 is 2.86 bits per heavy atom. The molecule has 0 radical (unpaired) electrons. The van der Waals surface area contributed by atoms with Crippen molar-refractivity contribution in [1.29, 1.82) is 0 Å². The lowest BCUT2D eigenvalue weighted by Crippen LogP contribution is -2.00. The Morgan fingerprint density at radius 2 is 2.00 bits per heavy atom. The number of rotatable bonds is 0. The maximum absolute atomic E-state index is 11.4. The van der Waals surface area contributed by atoms with E-state index in [0.717, 1.165) is 10.8 Å². The van der Waals surface area contributed by atoms with Gasteiger partial charge in [0.1, 0.15) is 5.75 Å². The Hall–Kier alpha value is -1.54. The van der Waals surface area contributed by atoms with Crippen LogP contribution in [0.5, 0.6) is 5.75 Å². The van der Waals surface area contributed by atoms with Crippen molar-refractivity contribution in [2.75, 3.05) is 0 Å². The molecule has 0 spiro atoms. The molecule has 0 amide bonds. The van der Waals surface area contributed by atoms with Gasteiger partial charge in [-0.1, -0.05) is 23.7 Å². The maximum atomic E-state index is 11.4. The van der Waals surface area contributed by atoms with Crippen LogP contribution in [0.25, 0.3) is 10.8 Å². The van der Waals surface area contributed by atoms with Gasteiger partial charge in [0.15, 0.2) is 0 Å². The molecule has 0 saturated carbocycles. The minimum Gasteiger partial charge on any atom is -0.422 e. The van der Waals surface area contributed by atoms with E-state index in [9.17, 15) is 4.79 Å². The van der Waals surface area contributed by atoms with Gasteiger partial charge in [0.05, 0.1) is 5.56 Å². The number of esters is 1. The third-order valence-corrected chi connectivity index (χ3v) is 2.70. The summed E-state index contributed by atoms with van der Waals surface area (Å²) in [5.74, 6) is 0.304. The SMILES string of the molecule is O=C1Oc2ccc(Cl)c3cccc1c23. The summed E-state index contributed by atoms with van der Waals surface area (Å²) in [6.45, 7) is 0. The van der Waals surface area contributed by atoms with E-state index < -0.39 is 0 Å². The molecule has 0 bridgehead atoms. The van der Waals surface area contributed by atoms with E-state index in [1.54, 1.807) is 24.3 Å². The zero-order valence-electron chi connectivity index (χ0n) is 7.08. The average Bonchev–Trinajstić information content (AvgIpc) is 2.52. The molecule has 0 atom stereocenters. The number of hydrogen-bond acceptors (Lipinski definition) is 2. The molecule has 0 saturated heterocycles. The van der Waals surface area contributed by atoms with E-state index in [1.165, 1.54) is 0 Å². The second-order valence-electron chi connectivity index (χ2n) is 3.16. The second-order valence-corrected chi connectivity index (χ2v) is 3.57. The molecule has 0 N–H and O–H groups in total. The van der Waals surface area contributed by atoms with Crippen molar-refractivity contribution in [3.05, 3.63) is 40.9 Å². The lowest BCUT2D eigenvalue weighted by atomic mass is 10.1. The molecule has 2 aromatic carbocycles. The van der Waals surface area contributed by atoms with Crippen LogP contribution >= 0.6 is 11.6 Å². The van der Waals surface area contributed by atoms with Crippen LogP contribution in [0.3, 0.4) is 0 Å². The van der Waals surface area contributed by atoms with Crippen molar-refractivity contribution >= 4 is 28.3 Å². The highest BCUT2D eigenvalue weighted by Gasteiger charge is 2.24. The molecular formula is C11H5ClO2. The minimum absolute atomic E-state index is 0.298. The van der Waals surface area contributed by atoms with Crippen LogP contribution in [-0.2, 0) is 0 Å². The monoisotopic (exact) mass is 204 g/mol. The Labute approximate surface area is 85.1 Å². The fourth-order valence-electron chi connectivity index (χ4n) is 1.75. The van der Waals surface area contributed by atoms with Gasteiger partial charge in [-0.3, -0.25) is 0 Å². The van der Waals surface area contributed by atoms with Crippen LogP contribution in [0.1, 0.15) is 10.4 Å². The first-order chi connectivity index (χ1) is 6.77. The first-order valence-corrected chi connectivity index (χ1v) is 4.58. The predicted molar refractivity (Wildman–Crippen MR) is 53.9 cm³/mol. The summed E-state index contributed by atoms with van der Waals surface area (Å²) in [5.41, 5.74) is 0.597. The summed E-state index contributed by atoms with van der Waals surface area (Å²) in [6.07, 6.45) is 0. The Bertz CT molecular complexity index is 560. The molecule has 1 aliphatic rings. The third-order valence-electron chi connectivity index (χ3n) is 2.37. The van der Waals surface area contributed by atoms with E-state index >= 15 is 0 Å². The summed E-state index contributed by atoms with van der Waals surface area (Å²) in [6, 6.07) is 8.89. The first kappa shape index (κ1) is 7.83. The van der Waals surface area contributed by atoms with Crippen LogP contribution in [-0.4, -0.2) is 5.97 Å². The zero-order valence-corrected chi connectivity index (χ0v) is 7.84. The molecule has 68 valence electrons. The Kier molecular flexibility index (Phi) is 1.39. The van der Waals surface area contributed by atoms with Gasteiger partial charge in [-0.05, 0) is 18.2 Å². The molecule has 1 heterocycles. The highest BCUT2D eigenvalue weighted by atomic mass is 35.5. The summed E-state index contributed by atoms with van der Waals surface area (Å²) in [5, 5.41) is 2.33. The first-order valence-electron chi connectivity index (χ1n) is 4.21. The number of carbonyl (C=O) groups is 1. The molecule has 2 aromatic rings. The van der Waals surface area contributed by atoms with Crippen LogP contribution in [0, 0.1) is 0 Å². The maximum Gasteiger partial charge on any atom is 0.344 e. The number of ether oxygens (including phenoxy) is 1. The smallest absolute Gasteiger partial charge is 0.344 e. The van der Waals surface area contributed by atoms with Crippen molar-refractivity contribution in [3.63, 3.8) is 0 Å². The molecule has 14 heavy (non-hydrogen) atoms. The van der Waals surface area contributed by atoms with Crippen LogP contribution in [0.4, 0.5) is 0 Å². The lowest BCUT2D eigenvalue weighted by Gasteiger charge is -1.99. The van der Waals surface area contributed by atoms with Gasteiger partial charge >= 0.3 is 5.97 Å². The summed E-state index contributed by atoms with van der Waals surface area (Å²) in [7, 11) is 0. The van der Waals surface area contributed by atoms with Gasteiger partial charge in [0.25, 0.3) is 0 Å². The predicted octanol–water partition coefficient (Wildman–Crippen LogP) is 3.03. The van der Waals surface area contributed by atoms with Crippen molar-refractivity contribution in [1.82, 2.24) is 0 Å². The van der Waals surface area contributed by atoms with Gasteiger partial charge in [-0.15, -0.1) is 0 Å². The van der Waals surface area contributed by atoms with Crippen LogP contribution in [0.15, 0.2) is 30.3 Å². The Balaban J connectivity index is 2.58. The minimum atomic E-state index is -0.298. The fourth-order valence-corrected chi connectivity index (χ4v) is 1.97. The third kappa shape index (κ3) is 0.836. The largest absolute Gasteiger partial charge is 0.422 e. The van der Waals surface area contributed by atoms with Crippen LogP contribution in [0.2, 0.25) is 5.02 Å². The van der Waals surface area contributed by atoms with Crippen molar-refractivity contribution < 1.29 is 9.53 Å². The van der Waals surface area contributed by atoms with E-state index in [0.29, 0.717) is 16.3 Å². The summed E-state index contributed by atoms with van der Waals surface area (Å²) in [4.78, 5) is 11.4. The number of carbonyl (C=O) groups excluding carboxylic acids is 1. The summed E-state index contributed by atoms with van der Waals surface area (Å²) >= 11 is 6.01.